The molecule has 1 aliphatic carbocycles. The minimum atomic E-state index is -1.31. The summed E-state index contributed by atoms with van der Waals surface area (Å²) in [6, 6.07) is 9.35. The number of rotatable bonds is 8. The van der Waals surface area contributed by atoms with Gasteiger partial charge >= 0.3 is 11.9 Å². The number of amides is 2. The molecule has 42 heavy (non-hydrogen) atoms. The average Bonchev–Trinajstić information content (AvgIpc) is 3.35. The number of ether oxygens (including phenoxy) is 2. The molecule has 2 aromatic carbocycles. The monoisotopic (exact) mass is 592 g/mol. The largest absolute Gasteiger partial charge is 0.484 e. The fourth-order valence-corrected chi connectivity index (χ4v) is 6.89. The van der Waals surface area contributed by atoms with Crippen LogP contribution in [0.4, 0.5) is 5.69 Å². The first-order valence-electron chi connectivity index (χ1n) is 13.0. The topological polar surface area (TPSA) is 181 Å². The van der Waals surface area contributed by atoms with Crippen LogP contribution in [-0.4, -0.2) is 74.0 Å². The summed E-state index contributed by atoms with van der Waals surface area (Å²) >= 11 is 1.28. The number of carboxylic acids is 1. The van der Waals surface area contributed by atoms with Crippen LogP contribution in [0.1, 0.15) is 18.1 Å². The van der Waals surface area contributed by atoms with E-state index in [2.05, 4.69) is 10.3 Å². The van der Waals surface area contributed by atoms with E-state index >= 15 is 0 Å². The molecule has 2 aliphatic heterocycles. The van der Waals surface area contributed by atoms with Crippen molar-refractivity contribution >= 4 is 52.1 Å². The van der Waals surface area contributed by atoms with Gasteiger partial charge in [-0.25, -0.2) is 4.79 Å². The normalized spacial score (nSPS) is 18.9. The van der Waals surface area contributed by atoms with Gasteiger partial charge in [-0.1, -0.05) is 0 Å². The number of thioether (sulfide) groups is 1. The summed E-state index contributed by atoms with van der Waals surface area (Å²) in [5, 5.41) is 23.8. The Labute approximate surface area is 242 Å². The van der Waals surface area contributed by atoms with Crippen molar-refractivity contribution < 1.29 is 38.7 Å². The summed E-state index contributed by atoms with van der Waals surface area (Å²) < 4.78 is 10.6. The smallest absolute Gasteiger partial charge is 0.352 e. The SMILES string of the molecule is CC(=O)OCC1=C(C(=O)O)N2C(=O)C(NC(=O)COc3ccc4c(c3)CCc3c-4[nH]c4cc([N+](=O)[O-])ccc34)C2SC1. The van der Waals surface area contributed by atoms with Crippen molar-refractivity contribution in [2.24, 2.45) is 0 Å². The van der Waals surface area contributed by atoms with Crippen molar-refractivity contribution in [2.45, 2.75) is 31.2 Å². The number of nitro groups is 1. The molecule has 3 aromatic rings. The number of aromatic nitrogens is 1. The number of nitro benzene ring substituents is 1. The second-order valence-electron chi connectivity index (χ2n) is 10.1. The lowest BCUT2D eigenvalue weighted by molar-refractivity contribution is -0.384. The van der Waals surface area contributed by atoms with Crippen molar-refractivity contribution in [1.29, 1.82) is 0 Å². The predicted molar refractivity (Wildman–Crippen MR) is 150 cm³/mol. The van der Waals surface area contributed by atoms with Gasteiger partial charge in [-0.3, -0.25) is 29.4 Å². The van der Waals surface area contributed by atoms with Gasteiger partial charge in [-0.05, 0) is 48.2 Å². The number of carbonyl (C=O) groups excluding carboxylic acids is 3. The zero-order chi connectivity index (χ0) is 29.7. The zero-order valence-corrected chi connectivity index (χ0v) is 23.0. The lowest BCUT2D eigenvalue weighted by Gasteiger charge is -2.49. The van der Waals surface area contributed by atoms with Gasteiger partial charge in [0.25, 0.3) is 17.5 Å². The Bertz CT molecular complexity index is 1730. The van der Waals surface area contributed by atoms with Crippen LogP contribution in [0.2, 0.25) is 0 Å². The first-order valence-corrected chi connectivity index (χ1v) is 14.0. The van der Waals surface area contributed by atoms with E-state index in [1.54, 1.807) is 12.1 Å². The number of hydrogen-bond acceptors (Lipinski definition) is 9. The minimum absolute atomic E-state index is 0.0181. The number of aromatic amines is 1. The number of H-pyrrole nitrogens is 1. The lowest BCUT2D eigenvalue weighted by Crippen LogP contribution is -2.71. The number of nitrogens with one attached hydrogen (secondary N) is 2. The molecular formula is C28H24N4O9S. The van der Waals surface area contributed by atoms with Gasteiger partial charge < -0.3 is 24.9 Å². The van der Waals surface area contributed by atoms with Gasteiger partial charge in [0.15, 0.2) is 6.61 Å². The third kappa shape index (κ3) is 4.72. The van der Waals surface area contributed by atoms with Crippen molar-refractivity contribution in [3.63, 3.8) is 0 Å². The van der Waals surface area contributed by atoms with Crippen LogP contribution in [-0.2, 0) is 36.8 Å². The Kier molecular flexibility index (Phi) is 6.85. The first kappa shape index (κ1) is 27.3. The van der Waals surface area contributed by atoms with Crippen molar-refractivity contribution in [3.8, 4) is 17.0 Å². The quantitative estimate of drug-likeness (QED) is 0.152. The summed E-state index contributed by atoms with van der Waals surface area (Å²) in [6.45, 7) is 0.639. The van der Waals surface area contributed by atoms with Crippen LogP contribution < -0.4 is 10.1 Å². The number of non-ortho nitro benzene ring substituents is 1. The van der Waals surface area contributed by atoms with Gasteiger partial charge in [0.05, 0.1) is 10.4 Å². The summed E-state index contributed by atoms with van der Waals surface area (Å²) in [7, 11) is 0. The Balaban J connectivity index is 1.10. The Morgan fingerprint density at radius 3 is 2.76 bits per heavy atom. The first-order chi connectivity index (χ1) is 20.1. The fourth-order valence-electron chi connectivity index (χ4n) is 5.56. The van der Waals surface area contributed by atoms with Gasteiger partial charge in [0, 0.05) is 47.0 Å². The third-order valence-electron chi connectivity index (χ3n) is 7.48. The van der Waals surface area contributed by atoms with Crippen LogP contribution in [0.3, 0.4) is 0 Å². The molecule has 2 atom stereocenters. The molecule has 13 nitrogen and oxygen atoms in total. The summed E-state index contributed by atoms with van der Waals surface area (Å²) in [5.74, 6) is -2.26. The van der Waals surface area contributed by atoms with Gasteiger partial charge in [-0.15, -0.1) is 11.8 Å². The van der Waals surface area contributed by atoms with Gasteiger partial charge in [0.2, 0.25) is 0 Å². The fraction of sp³-hybridized carbons (Fsp3) is 0.286. The number of hydrogen-bond donors (Lipinski definition) is 3. The molecule has 0 bridgehead atoms. The molecule has 3 aliphatic rings. The number of benzene rings is 2. The number of β-lactam (4-membered cyclic amide) rings is 1. The Morgan fingerprint density at radius 1 is 1.21 bits per heavy atom. The van der Waals surface area contributed by atoms with Crippen LogP contribution in [0.25, 0.3) is 22.2 Å². The van der Waals surface area contributed by atoms with Crippen LogP contribution in [0.5, 0.6) is 5.75 Å². The second kappa shape index (κ2) is 10.5. The van der Waals surface area contributed by atoms with Crippen molar-refractivity contribution in [3.05, 3.63) is 68.9 Å². The molecule has 3 heterocycles. The maximum absolute atomic E-state index is 12.8. The maximum atomic E-state index is 12.8. The summed E-state index contributed by atoms with van der Waals surface area (Å²) in [5.41, 5.74) is 4.76. The molecule has 1 saturated heterocycles. The van der Waals surface area contributed by atoms with E-state index in [1.807, 2.05) is 12.1 Å². The number of aryl methyl sites for hydroxylation is 2. The van der Waals surface area contributed by atoms with Crippen molar-refractivity contribution in [2.75, 3.05) is 19.0 Å². The van der Waals surface area contributed by atoms with E-state index in [-0.39, 0.29) is 30.4 Å². The predicted octanol–water partition coefficient (Wildman–Crippen LogP) is 2.52. The molecule has 0 radical (unpaired) electrons. The number of esters is 1. The number of fused-ring (bicyclic) bond motifs is 6. The summed E-state index contributed by atoms with van der Waals surface area (Å²) in [4.78, 5) is 63.6. The molecule has 2 amide bonds. The number of aliphatic carboxylic acids is 1. The second-order valence-corrected chi connectivity index (χ2v) is 11.2. The zero-order valence-electron chi connectivity index (χ0n) is 22.2. The van der Waals surface area contributed by atoms with Gasteiger partial charge in [-0.2, -0.15) is 0 Å². The van der Waals surface area contributed by atoms with E-state index < -0.39 is 40.1 Å². The summed E-state index contributed by atoms with van der Waals surface area (Å²) in [6.07, 6.45) is 1.46. The Morgan fingerprint density at radius 2 is 2.02 bits per heavy atom. The van der Waals surface area contributed by atoms with E-state index in [4.69, 9.17) is 9.47 Å². The number of nitrogens with zero attached hydrogens (tertiary/aromatic N) is 2. The molecule has 0 saturated carbocycles. The molecule has 0 spiro atoms. The number of carboxylic acid groups (broad SMARTS) is 1. The van der Waals surface area contributed by atoms with E-state index in [0.717, 1.165) is 45.5 Å². The van der Waals surface area contributed by atoms with Crippen LogP contribution in [0, 0.1) is 10.1 Å². The minimum Gasteiger partial charge on any atom is -0.484 e. The molecule has 14 heteroatoms. The lowest BCUT2D eigenvalue weighted by atomic mass is 9.89. The van der Waals surface area contributed by atoms with Gasteiger partial charge in [0.1, 0.15) is 29.5 Å². The highest BCUT2D eigenvalue weighted by molar-refractivity contribution is 8.00. The molecule has 1 aromatic heterocycles. The van der Waals surface area contributed by atoms with E-state index in [1.165, 1.54) is 30.8 Å². The highest BCUT2D eigenvalue weighted by atomic mass is 32.2. The molecule has 216 valence electrons. The maximum Gasteiger partial charge on any atom is 0.352 e. The molecular weight excluding hydrogens is 568 g/mol. The molecule has 6 rings (SSSR count). The molecule has 2 unspecified atom stereocenters. The van der Waals surface area contributed by atoms with Crippen LogP contribution >= 0.6 is 11.8 Å². The molecule has 1 fully saturated rings. The number of carbonyl (C=O) groups is 4. The Hall–Kier alpha value is -4.85. The highest BCUT2D eigenvalue weighted by Gasteiger charge is 2.54. The van der Waals surface area contributed by atoms with Crippen LogP contribution in [0.15, 0.2) is 47.7 Å². The van der Waals surface area contributed by atoms with E-state index in [9.17, 15) is 34.4 Å². The highest BCUT2D eigenvalue weighted by Crippen LogP contribution is 2.41. The third-order valence-corrected chi connectivity index (χ3v) is 8.82. The average molecular weight is 593 g/mol. The van der Waals surface area contributed by atoms with E-state index in [0.29, 0.717) is 16.8 Å². The van der Waals surface area contributed by atoms with Crippen molar-refractivity contribution in [1.82, 2.24) is 15.2 Å². The molecule has 3 N–H and O–H groups in total. The standard InChI is InChI=1S/C28H24N4O9S/c1-13(33)40-10-15-12-42-27-24(26(35)31(27)25(15)28(36)37)30-22(34)11-41-17-4-7-18-14(8-17)2-5-20-19-6-3-16(32(38)39)9-21(19)29-23(18)20/h3-4,6-9,24,27,29H,2,5,10-12H2,1H3,(H,30,34)(H,36,37).